The molecule has 0 aromatic heterocycles. The molecule has 0 unspecified atom stereocenters. The zero-order valence-electron chi connectivity index (χ0n) is 7.59. The Bertz CT molecular complexity index is 331. The number of rotatable bonds is 3. The number of hydrogen-bond acceptors (Lipinski definition) is 1. The van der Waals surface area contributed by atoms with Crippen molar-refractivity contribution >= 4 is 52.2 Å². The molecule has 1 rings (SSSR count). The van der Waals surface area contributed by atoms with Crippen molar-refractivity contribution in [3.63, 3.8) is 0 Å². The average molecular weight is 286 g/mol. The Kier molecular flexibility index (Phi) is 4.72. The van der Waals surface area contributed by atoms with E-state index >= 15 is 0 Å². The first-order valence-electron chi connectivity index (χ1n) is 4.20. The maximum Gasteiger partial charge on any atom is 0.207 e. The van der Waals surface area contributed by atoms with Gasteiger partial charge in [-0.15, -0.1) is 11.6 Å². The summed E-state index contributed by atoms with van der Waals surface area (Å²) in [6.07, 6.45) is 0.00205. The molecule has 0 radical (unpaired) electrons. The van der Waals surface area contributed by atoms with Gasteiger partial charge in [-0.1, -0.05) is 65.1 Å². The van der Waals surface area contributed by atoms with Crippen LogP contribution in [0.2, 0.25) is 0 Å². The van der Waals surface area contributed by atoms with Crippen LogP contribution < -0.4 is 0 Å². The van der Waals surface area contributed by atoms with E-state index in [0.29, 0.717) is 5.56 Å². The monoisotopic (exact) mass is 284 g/mol. The van der Waals surface area contributed by atoms with E-state index < -0.39 is 9.17 Å². The van der Waals surface area contributed by atoms with Crippen molar-refractivity contribution in [2.24, 2.45) is 0 Å². The first-order valence-corrected chi connectivity index (χ1v) is 5.77. The third-order valence-corrected chi connectivity index (χ3v) is 3.42. The minimum atomic E-state index is -1.62. The molecule has 0 aliphatic carbocycles. The Labute approximate surface area is 108 Å². The minimum absolute atomic E-state index is 0.00205. The highest BCUT2D eigenvalue weighted by molar-refractivity contribution is 6.70. The van der Waals surface area contributed by atoms with Gasteiger partial charge in [-0.25, -0.2) is 0 Å². The zero-order chi connectivity index (χ0) is 11.5. The minimum Gasteiger partial charge on any atom is -0.294 e. The van der Waals surface area contributed by atoms with Crippen LogP contribution in [0, 0.1) is 0 Å². The van der Waals surface area contributed by atoms with Gasteiger partial charge in [0.2, 0.25) is 3.79 Å². The fourth-order valence-corrected chi connectivity index (χ4v) is 1.39. The predicted molar refractivity (Wildman–Crippen MR) is 65.3 cm³/mol. The molecule has 1 aromatic carbocycles. The molecule has 0 aliphatic heterocycles. The second-order valence-electron chi connectivity index (χ2n) is 3.00. The number of halogens is 4. The molecule has 0 aliphatic rings. The van der Waals surface area contributed by atoms with Gasteiger partial charge in [-0.05, 0) is 0 Å². The van der Waals surface area contributed by atoms with Gasteiger partial charge in [-0.2, -0.15) is 0 Å². The number of carbonyl (C=O) groups excluding carboxylic acids is 1. The van der Waals surface area contributed by atoms with Crippen LogP contribution >= 0.6 is 46.4 Å². The zero-order valence-corrected chi connectivity index (χ0v) is 10.6. The molecule has 0 saturated carbocycles. The summed E-state index contributed by atoms with van der Waals surface area (Å²) < 4.78 is -1.62. The summed E-state index contributed by atoms with van der Waals surface area (Å²) in [5, 5.41) is -0.824. The summed E-state index contributed by atoms with van der Waals surface area (Å²) in [5.74, 6) is -0.137. The molecular formula is C10H8Cl4O. The van der Waals surface area contributed by atoms with Crippen molar-refractivity contribution in [3.05, 3.63) is 35.9 Å². The average Bonchev–Trinajstić information content (AvgIpc) is 2.17. The Hall–Kier alpha value is 0.0500. The highest BCUT2D eigenvalue weighted by Crippen LogP contribution is 2.36. The molecule has 0 saturated heterocycles. The fourth-order valence-electron chi connectivity index (χ4n) is 1.02. The van der Waals surface area contributed by atoms with E-state index in [9.17, 15) is 4.79 Å². The lowest BCUT2D eigenvalue weighted by Gasteiger charge is -2.16. The molecule has 82 valence electrons. The first kappa shape index (κ1) is 13.1. The largest absolute Gasteiger partial charge is 0.294 e. The maximum atomic E-state index is 11.6. The van der Waals surface area contributed by atoms with Crippen LogP contribution in [0.1, 0.15) is 16.8 Å². The molecule has 1 atom stereocenters. The Morgan fingerprint density at radius 3 is 2.20 bits per heavy atom. The third-order valence-electron chi connectivity index (χ3n) is 1.82. The number of hydrogen-bond donors (Lipinski definition) is 0. The van der Waals surface area contributed by atoms with Crippen LogP contribution in [-0.4, -0.2) is 15.0 Å². The van der Waals surface area contributed by atoms with Crippen molar-refractivity contribution in [2.75, 3.05) is 0 Å². The van der Waals surface area contributed by atoms with Crippen LogP contribution in [-0.2, 0) is 0 Å². The number of ketones is 1. The summed E-state index contributed by atoms with van der Waals surface area (Å²) in [6, 6.07) is 8.76. The maximum absolute atomic E-state index is 11.6. The molecule has 0 bridgehead atoms. The van der Waals surface area contributed by atoms with E-state index in [0.717, 1.165) is 0 Å². The second-order valence-corrected chi connectivity index (χ2v) is 5.90. The summed E-state index contributed by atoms with van der Waals surface area (Å²) in [7, 11) is 0. The van der Waals surface area contributed by atoms with Gasteiger partial charge in [0.05, 0.1) is 5.38 Å². The lowest BCUT2D eigenvalue weighted by Crippen LogP contribution is -2.22. The number of benzene rings is 1. The molecule has 1 aromatic rings. The van der Waals surface area contributed by atoms with Crippen LogP contribution in [0.4, 0.5) is 0 Å². The van der Waals surface area contributed by atoms with Crippen LogP contribution in [0.15, 0.2) is 30.3 Å². The summed E-state index contributed by atoms with van der Waals surface area (Å²) in [6.45, 7) is 0. The first-order chi connectivity index (χ1) is 6.91. The number of alkyl halides is 4. The molecule has 0 heterocycles. The normalized spacial score (nSPS) is 13.6. The number of Topliss-reactive ketones (excluding diaryl/α,β-unsaturated/α-hetero) is 1. The lowest BCUT2D eigenvalue weighted by atomic mass is 10.1. The van der Waals surface area contributed by atoms with Gasteiger partial charge >= 0.3 is 0 Å². The van der Waals surface area contributed by atoms with Gasteiger partial charge in [0.15, 0.2) is 5.78 Å². The standard InChI is InChI=1S/C10H8Cl4O/c11-9(10(12,13)14)6-8(15)7-4-2-1-3-5-7/h1-5,9H,6H2/t9-/m1/s1. The van der Waals surface area contributed by atoms with E-state index in [1.807, 2.05) is 6.07 Å². The van der Waals surface area contributed by atoms with E-state index in [2.05, 4.69) is 0 Å². The van der Waals surface area contributed by atoms with Gasteiger partial charge in [0, 0.05) is 12.0 Å². The van der Waals surface area contributed by atoms with Gasteiger partial charge in [0.25, 0.3) is 0 Å². The van der Waals surface area contributed by atoms with Crippen LogP contribution in [0.25, 0.3) is 0 Å². The molecule has 15 heavy (non-hydrogen) atoms. The summed E-state index contributed by atoms with van der Waals surface area (Å²) in [5.41, 5.74) is 0.567. The third kappa shape index (κ3) is 4.20. The Morgan fingerprint density at radius 1 is 1.20 bits per heavy atom. The van der Waals surface area contributed by atoms with Gasteiger partial charge in [-0.3, -0.25) is 4.79 Å². The smallest absolute Gasteiger partial charge is 0.207 e. The van der Waals surface area contributed by atoms with Crippen LogP contribution in [0.3, 0.4) is 0 Å². The molecule has 0 fully saturated rings. The van der Waals surface area contributed by atoms with Crippen molar-refractivity contribution in [1.82, 2.24) is 0 Å². The molecule has 0 amide bonds. The molecule has 0 N–H and O–H groups in total. The molecule has 5 heteroatoms. The van der Waals surface area contributed by atoms with Crippen LogP contribution in [0.5, 0.6) is 0 Å². The van der Waals surface area contributed by atoms with E-state index in [4.69, 9.17) is 46.4 Å². The van der Waals surface area contributed by atoms with E-state index in [-0.39, 0.29) is 12.2 Å². The second kappa shape index (κ2) is 5.40. The highest BCUT2D eigenvalue weighted by Gasteiger charge is 2.32. The van der Waals surface area contributed by atoms with Gasteiger partial charge < -0.3 is 0 Å². The highest BCUT2D eigenvalue weighted by atomic mass is 35.6. The van der Waals surface area contributed by atoms with Crippen molar-refractivity contribution < 1.29 is 4.79 Å². The topological polar surface area (TPSA) is 17.1 Å². The Balaban J connectivity index is 2.65. The summed E-state index contributed by atoms with van der Waals surface area (Å²) >= 11 is 22.5. The predicted octanol–water partition coefficient (Wildman–Crippen LogP) is 4.24. The summed E-state index contributed by atoms with van der Waals surface area (Å²) in [4.78, 5) is 11.6. The number of carbonyl (C=O) groups is 1. The molecular weight excluding hydrogens is 278 g/mol. The Morgan fingerprint density at radius 2 is 1.73 bits per heavy atom. The van der Waals surface area contributed by atoms with Crippen molar-refractivity contribution in [2.45, 2.75) is 15.6 Å². The lowest BCUT2D eigenvalue weighted by molar-refractivity contribution is 0.0981. The van der Waals surface area contributed by atoms with Crippen molar-refractivity contribution in [3.8, 4) is 0 Å². The van der Waals surface area contributed by atoms with Crippen molar-refractivity contribution in [1.29, 1.82) is 0 Å². The molecule has 1 nitrogen and oxygen atoms in total. The van der Waals surface area contributed by atoms with Gasteiger partial charge in [0.1, 0.15) is 0 Å². The SMILES string of the molecule is O=C(C[C@@H](Cl)C(Cl)(Cl)Cl)c1ccccc1. The quantitative estimate of drug-likeness (QED) is 0.600. The van der Waals surface area contributed by atoms with E-state index in [1.54, 1.807) is 24.3 Å². The molecule has 0 spiro atoms. The fraction of sp³-hybridized carbons (Fsp3) is 0.300. The van der Waals surface area contributed by atoms with E-state index in [1.165, 1.54) is 0 Å².